The van der Waals surface area contributed by atoms with E-state index in [9.17, 15) is 0 Å². The summed E-state index contributed by atoms with van der Waals surface area (Å²) < 4.78 is 0. The lowest BCUT2D eigenvalue weighted by atomic mass is 9.64. The summed E-state index contributed by atoms with van der Waals surface area (Å²) in [7, 11) is 0. The van der Waals surface area contributed by atoms with Gasteiger partial charge in [-0.3, -0.25) is 0 Å². The third kappa shape index (κ3) is 1.50. The van der Waals surface area contributed by atoms with Crippen molar-refractivity contribution >= 4 is 0 Å². The molecule has 86 valence electrons. The summed E-state index contributed by atoms with van der Waals surface area (Å²) in [4.78, 5) is 0. The third-order valence-electron chi connectivity index (χ3n) is 4.00. The molecule has 1 nitrogen and oxygen atoms in total. The molecule has 1 saturated heterocycles. The smallest absolute Gasteiger partial charge is 0.0477 e. The van der Waals surface area contributed by atoms with Crippen molar-refractivity contribution in [1.29, 1.82) is 0 Å². The number of hydrogen-bond acceptors (Lipinski definition) is 1. The van der Waals surface area contributed by atoms with Gasteiger partial charge in [-0.15, -0.1) is 0 Å². The molecule has 1 fully saturated rings. The molecule has 1 heteroatoms. The van der Waals surface area contributed by atoms with Gasteiger partial charge in [0.25, 0.3) is 0 Å². The third-order valence-corrected chi connectivity index (χ3v) is 4.00. The second kappa shape index (κ2) is 4.01. The van der Waals surface area contributed by atoms with Crippen LogP contribution in [0.25, 0.3) is 0 Å². The molecule has 0 aliphatic carbocycles. The molecule has 0 saturated carbocycles. The fraction of sp³-hybridized carbons (Fsp3) is 0.250. The van der Waals surface area contributed by atoms with Crippen LogP contribution >= 0.6 is 0 Å². The molecule has 0 bridgehead atoms. The topological polar surface area (TPSA) is 12.0 Å². The highest BCUT2D eigenvalue weighted by Crippen LogP contribution is 2.40. The Morgan fingerprint density at radius 3 is 1.65 bits per heavy atom. The SMILES string of the molecule is CC1NCC1(c1ccccc1)c1ccccc1. The molecule has 1 heterocycles. The van der Waals surface area contributed by atoms with Gasteiger partial charge in [0.15, 0.2) is 0 Å². The highest BCUT2D eigenvalue weighted by atomic mass is 15.0. The molecule has 0 amide bonds. The van der Waals surface area contributed by atoms with Crippen LogP contribution in [-0.2, 0) is 5.41 Å². The van der Waals surface area contributed by atoms with Crippen molar-refractivity contribution in [2.24, 2.45) is 0 Å². The summed E-state index contributed by atoms with van der Waals surface area (Å²) in [6, 6.07) is 22.1. The molecule has 17 heavy (non-hydrogen) atoms. The van der Waals surface area contributed by atoms with Gasteiger partial charge in [-0.2, -0.15) is 0 Å². The minimum Gasteiger partial charge on any atom is -0.312 e. The number of hydrogen-bond donors (Lipinski definition) is 1. The van der Waals surface area contributed by atoms with Gasteiger partial charge in [-0.25, -0.2) is 0 Å². The van der Waals surface area contributed by atoms with Gasteiger partial charge in [-0.05, 0) is 18.1 Å². The minimum absolute atomic E-state index is 0.155. The Morgan fingerprint density at radius 2 is 1.35 bits per heavy atom. The van der Waals surface area contributed by atoms with E-state index in [1.54, 1.807) is 0 Å². The van der Waals surface area contributed by atoms with Crippen LogP contribution in [0.15, 0.2) is 60.7 Å². The molecule has 1 unspecified atom stereocenters. The molecule has 1 atom stereocenters. The normalized spacial score (nSPS) is 21.8. The highest BCUT2D eigenvalue weighted by Gasteiger charge is 2.46. The predicted molar refractivity (Wildman–Crippen MR) is 71.1 cm³/mol. The predicted octanol–water partition coefficient (Wildman–Crippen LogP) is 2.96. The van der Waals surface area contributed by atoms with Crippen LogP contribution < -0.4 is 5.32 Å². The first-order valence-corrected chi connectivity index (χ1v) is 6.18. The molecular formula is C16H17N. The summed E-state index contributed by atoms with van der Waals surface area (Å²) in [5.74, 6) is 0. The molecule has 0 radical (unpaired) electrons. The van der Waals surface area contributed by atoms with Gasteiger partial charge < -0.3 is 5.32 Å². The quantitative estimate of drug-likeness (QED) is 0.825. The Morgan fingerprint density at radius 1 is 0.882 bits per heavy atom. The first-order chi connectivity index (χ1) is 8.34. The Labute approximate surface area is 102 Å². The second-order valence-electron chi connectivity index (χ2n) is 4.81. The van der Waals surface area contributed by atoms with Crippen LogP contribution in [0.4, 0.5) is 0 Å². The maximum absolute atomic E-state index is 3.50. The Bertz CT molecular complexity index is 450. The average molecular weight is 223 g/mol. The van der Waals surface area contributed by atoms with E-state index in [1.165, 1.54) is 11.1 Å². The van der Waals surface area contributed by atoms with Crippen molar-refractivity contribution < 1.29 is 0 Å². The van der Waals surface area contributed by atoms with E-state index >= 15 is 0 Å². The number of nitrogens with one attached hydrogen (secondary N) is 1. The summed E-state index contributed by atoms with van der Waals surface area (Å²) in [5, 5.41) is 3.50. The summed E-state index contributed by atoms with van der Waals surface area (Å²) in [5.41, 5.74) is 2.98. The van der Waals surface area contributed by atoms with E-state index in [0.29, 0.717) is 6.04 Å². The van der Waals surface area contributed by atoms with E-state index in [-0.39, 0.29) is 5.41 Å². The Hall–Kier alpha value is -1.60. The first-order valence-electron chi connectivity index (χ1n) is 6.18. The zero-order chi connectivity index (χ0) is 11.7. The van der Waals surface area contributed by atoms with Crippen LogP contribution in [0.5, 0.6) is 0 Å². The van der Waals surface area contributed by atoms with Gasteiger partial charge >= 0.3 is 0 Å². The van der Waals surface area contributed by atoms with E-state index in [1.807, 2.05) is 0 Å². The zero-order valence-corrected chi connectivity index (χ0v) is 10.1. The lowest BCUT2D eigenvalue weighted by Gasteiger charge is -2.50. The second-order valence-corrected chi connectivity index (χ2v) is 4.81. The maximum Gasteiger partial charge on any atom is 0.0477 e. The van der Waals surface area contributed by atoms with E-state index in [4.69, 9.17) is 0 Å². The number of benzene rings is 2. The Kier molecular flexibility index (Phi) is 2.49. The molecule has 1 N–H and O–H groups in total. The molecule has 3 rings (SSSR count). The standard InChI is InChI=1S/C16H17N/c1-13-16(12-17-13,14-8-4-2-5-9-14)15-10-6-3-7-11-15/h2-11,13,17H,12H2,1H3. The highest BCUT2D eigenvalue weighted by molar-refractivity contribution is 5.45. The van der Waals surface area contributed by atoms with Gasteiger partial charge in [0.05, 0.1) is 0 Å². The van der Waals surface area contributed by atoms with Gasteiger partial charge in [-0.1, -0.05) is 60.7 Å². The molecule has 0 spiro atoms. The lowest BCUT2D eigenvalue weighted by Crippen LogP contribution is -2.64. The first kappa shape index (κ1) is 10.5. The monoisotopic (exact) mass is 223 g/mol. The molecule has 1 aliphatic rings. The van der Waals surface area contributed by atoms with Crippen molar-refractivity contribution in [3.05, 3.63) is 71.8 Å². The van der Waals surface area contributed by atoms with Crippen LogP contribution in [-0.4, -0.2) is 12.6 Å². The maximum atomic E-state index is 3.50. The fourth-order valence-corrected chi connectivity index (χ4v) is 2.85. The van der Waals surface area contributed by atoms with Gasteiger partial charge in [0, 0.05) is 18.0 Å². The Balaban J connectivity index is 2.12. The van der Waals surface area contributed by atoms with Crippen LogP contribution in [0.2, 0.25) is 0 Å². The van der Waals surface area contributed by atoms with Gasteiger partial charge in [0.1, 0.15) is 0 Å². The summed E-state index contributed by atoms with van der Waals surface area (Å²) in [6.07, 6.45) is 0. The van der Waals surface area contributed by atoms with E-state index in [0.717, 1.165) is 6.54 Å². The summed E-state index contributed by atoms with van der Waals surface area (Å²) >= 11 is 0. The fourth-order valence-electron chi connectivity index (χ4n) is 2.85. The minimum atomic E-state index is 0.155. The van der Waals surface area contributed by atoms with Crippen LogP contribution in [0.3, 0.4) is 0 Å². The van der Waals surface area contributed by atoms with Crippen molar-refractivity contribution in [3.63, 3.8) is 0 Å². The van der Waals surface area contributed by atoms with Crippen molar-refractivity contribution in [2.75, 3.05) is 6.54 Å². The van der Waals surface area contributed by atoms with Crippen LogP contribution in [0.1, 0.15) is 18.1 Å². The van der Waals surface area contributed by atoms with Crippen molar-refractivity contribution in [2.45, 2.75) is 18.4 Å². The summed E-state index contributed by atoms with van der Waals surface area (Å²) in [6.45, 7) is 3.30. The number of rotatable bonds is 2. The van der Waals surface area contributed by atoms with Crippen molar-refractivity contribution in [1.82, 2.24) is 5.32 Å². The largest absolute Gasteiger partial charge is 0.312 e. The van der Waals surface area contributed by atoms with Crippen LogP contribution in [0, 0.1) is 0 Å². The molecule has 2 aromatic carbocycles. The molecular weight excluding hydrogens is 206 g/mol. The lowest BCUT2D eigenvalue weighted by molar-refractivity contribution is 0.238. The van der Waals surface area contributed by atoms with Gasteiger partial charge in [0.2, 0.25) is 0 Å². The molecule has 2 aromatic rings. The van der Waals surface area contributed by atoms with E-state index in [2.05, 4.69) is 72.9 Å². The zero-order valence-electron chi connectivity index (χ0n) is 10.1. The molecule has 0 aromatic heterocycles. The van der Waals surface area contributed by atoms with E-state index < -0.39 is 0 Å². The molecule has 1 aliphatic heterocycles. The van der Waals surface area contributed by atoms with Crippen molar-refractivity contribution in [3.8, 4) is 0 Å². The average Bonchev–Trinajstić information content (AvgIpc) is 2.40.